The van der Waals surface area contributed by atoms with E-state index < -0.39 is 24.0 Å². The number of likely N-dealkylation sites (N-methyl/N-ethyl adjacent to an activating group) is 1. The third kappa shape index (κ3) is 46.5. The van der Waals surface area contributed by atoms with Gasteiger partial charge in [0.2, 0.25) is 23.6 Å². The smallest absolute Gasteiger partial charge is 0.328 e. The fourth-order valence-corrected chi connectivity index (χ4v) is 8.93. The maximum Gasteiger partial charge on any atom is 0.328 e. The molecular formula is C57H109N5O10. The van der Waals surface area contributed by atoms with Gasteiger partial charge in [-0.25, -0.2) is 4.79 Å². The Morgan fingerprint density at radius 1 is 0.389 bits per heavy atom. The molecule has 4 amide bonds. The molecule has 0 heterocycles. The lowest BCUT2D eigenvalue weighted by Crippen LogP contribution is -2.52. The number of carbonyl (C=O) groups excluding carboxylic acids is 4. The van der Waals surface area contributed by atoms with Crippen LogP contribution in [0.4, 0.5) is 0 Å². The van der Waals surface area contributed by atoms with E-state index in [1.165, 1.54) is 141 Å². The van der Waals surface area contributed by atoms with Crippen molar-refractivity contribution >= 4 is 35.6 Å². The summed E-state index contributed by atoms with van der Waals surface area (Å²) >= 11 is 0. The van der Waals surface area contributed by atoms with Crippen LogP contribution >= 0.6 is 0 Å². The number of ether oxygens (including phenoxy) is 2. The molecule has 0 bridgehead atoms. The molecule has 0 rings (SSSR count). The molecule has 3 unspecified atom stereocenters. The van der Waals surface area contributed by atoms with Crippen LogP contribution in [0.15, 0.2) is 0 Å². The van der Waals surface area contributed by atoms with Gasteiger partial charge in [0.25, 0.3) is 0 Å². The number of carbonyl (C=O) groups is 6. The number of nitrogens with one attached hydrogen (secondary N) is 5. The van der Waals surface area contributed by atoms with E-state index in [9.17, 15) is 33.9 Å². The minimum absolute atomic E-state index is 0.0216. The summed E-state index contributed by atoms with van der Waals surface area (Å²) in [6.45, 7) is 5.41. The maximum atomic E-state index is 13.4. The minimum atomic E-state index is -1.22. The number of aliphatic carboxylic acids is 2. The number of carboxylic acids is 2. The van der Waals surface area contributed by atoms with Gasteiger partial charge in [-0.2, -0.15) is 0 Å². The zero-order valence-corrected chi connectivity index (χ0v) is 46.2. The molecule has 0 saturated heterocycles. The van der Waals surface area contributed by atoms with E-state index >= 15 is 0 Å². The predicted molar refractivity (Wildman–Crippen MR) is 291 cm³/mol. The van der Waals surface area contributed by atoms with Gasteiger partial charge in [0.05, 0.1) is 32.5 Å². The highest BCUT2D eigenvalue weighted by atomic mass is 16.5. The number of hydrogen-bond donors (Lipinski definition) is 7. The Morgan fingerprint density at radius 2 is 0.792 bits per heavy atom. The van der Waals surface area contributed by atoms with E-state index in [1.54, 1.807) is 0 Å². The molecule has 0 aliphatic carbocycles. The van der Waals surface area contributed by atoms with Crippen molar-refractivity contribution < 1.29 is 48.5 Å². The third-order valence-corrected chi connectivity index (χ3v) is 13.6. The molecule has 0 aromatic carbocycles. The average molecular weight is 1020 g/mol. The molecule has 0 aromatic rings. The molecule has 72 heavy (non-hydrogen) atoms. The van der Waals surface area contributed by atoms with Gasteiger partial charge in [-0.15, -0.1) is 0 Å². The quantitative estimate of drug-likeness (QED) is 0.0284. The summed E-state index contributed by atoms with van der Waals surface area (Å²) in [4.78, 5) is 73.9. The van der Waals surface area contributed by atoms with Crippen LogP contribution in [-0.2, 0) is 38.2 Å². The van der Waals surface area contributed by atoms with Crippen LogP contribution in [0.5, 0.6) is 0 Å². The second kappa shape index (κ2) is 52.6. The average Bonchev–Trinajstić information content (AvgIpc) is 3.36. The minimum Gasteiger partial charge on any atom is -0.481 e. The van der Waals surface area contributed by atoms with Crippen LogP contribution in [0.3, 0.4) is 0 Å². The standard InChI is InChI=1S/C57H109N5O10/c1-4-6-8-10-12-14-22-26-30-34-38-49(58-3)56(68)62-50(39-35-31-27-23-15-13-11-9-7-5-2)55(67)59-43-45-72-47-46-71-44-42-52(63)60-48-51(57(69)70)61-53(64)40-36-32-28-24-20-18-16-17-19-21-25-29-33-37-41-54(65)66/h49-51,58H,4-48H2,1-3H3,(H,59,67)(H,60,63)(H,61,64)(H,62,68)(H,65,66)(H,69,70). The second-order valence-electron chi connectivity index (χ2n) is 20.2. The van der Waals surface area contributed by atoms with Gasteiger partial charge in [0.1, 0.15) is 12.1 Å². The molecule has 15 heteroatoms. The van der Waals surface area contributed by atoms with Crippen molar-refractivity contribution in [3.8, 4) is 0 Å². The molecule has 0 radical (unpaired) electrons. The first-order valence-electron chi connectivity index (χ1n) is 29.5. The molecule has 0 aromatic heterocycles. The highest BCUT2D eigenvalue weighted by Gasteiger charge is 2.25. The molecule has 0 aliphatic rings. The van der Waals surface area contributed by atoms with E-state index in [4.69, 9.17) is 14.6 Å². The molecule has 15 nitrogen and oxygen atoms in total. The molecule has 0 fully saturated rings. The summed E-state index contributed by atoms with van der Waals surface area (Å²) in [5.74, 6) is -2.99. The fourth-order valence-electron chi connectivity index (χ4n) is 8.93. The van der Waals surface area contributed by atoms with Crippen molar-refractivity contribution in [1.29, 1.82) is 0 Å². The first-order valence-corrected chi connectivity index (χ1v) is 29.5. The van der Waals surface area contributed by atoms with Crippen molar-refractivity contribution in [3.05, 3.63) is 0 Å². The van der Waals surface area contributed by atoms with Crippen LogP contribution in [0.25, 0.3) is 0 Å². The summed E-state index contributed by atoms with van der Waals surface area (Å²) in [6, 6.07) is -2.17. The molecular weight excluding hydrogens is 915 g/mol. The summed E-state index contributed by atoms with van der Waals surface area (Å²) in [5.41, 5.74) is 0. The van der Waals surface area contributed by atoms with Gasteiger partial charge >= 0.3 is 11.9 Å². The Morgan fingerprint density at radius 3 is 1.22 bits per heavy atom. The van der Waals surface area contributed by atoms with E-state index in [2.05, 4.69) is 40.4 Å². The monoisotopic (exact) mass is 1020 g/mol. The molecule has 422 valence electrons. The van der Waals surface area contributed by atoms with Crippen LogP contribution < -0.4 is 26.6 Å². The van der Waals surface area contributed by atoms with E-state index in [-0.39, 0.29) is 88.5 Å². The molecule has 3 atom stereocenters. The summed E-state index contributed by atoms with van der Waals surface area (Å²) in [6.07, 6.45) is 41.3. The second-order valence-corrected chi connectivity index (χ2v) is 20.2. The first kappa shape index (κ1) is 68.7. The van der Waals surface area contributed by atoms with Gasteiger partial charge in [-0.1, -0.05) is 219 Å². The van der Waals surface area contributed by atoms with Crippen molar-refractivity contribution in [3.63, 3.8) is 0 Å². The third-order valence-electron chi connectivity index (χ3n) is 13.6. The Bertz CT molecular complexity index is 1320. The van der Waals surface area contributed by atoms with Crippen LogP contribution in [-0.4, -0.2) is 110 Å². The lowest BCUT2D eigenvalue weighted by atomic mass is 10.0. The van der Waals surface area contributed by atoms with Gasteiger partial charge in [-0.05, 0) is 32.7 Å². The lowest BCUT2D eigenvalue weighted by Gasteiger charge is -2.22. The van der Waals surface area contributed by atoms with Crippen LogP contribution in [0, 0.1) is 0 Å². The summed E-state index contributed by atoms with van der Waals surface area (Å²) < 4.78 is 11.2. The fraction of sp³-hybridized carbons (Fsp3) is 0.895. The van der Waals surface area contributed by atoms with E-state index in [1.807, 2.05) is 7.05 Å². The largest absolute Gasteiger partial charge is 0.481 e. The lowest BCUT2D eigenvalue weighted by molar-refractivity contribution is -0.142. The molecule has 0 saturated carbocycles. The maximum absolute atomic E-state index is 13.4. The summed E-state index contributed by atoms with van der Waals surface area (Å²) in [7, 11) is 1.81. The molecule has 0 aliphatic heterocycles. The van der Waals surface area contributed by atoms with E-state index in [0.29, 0.717) is 12.8 Å². The van der Waals surface area contributed by atoms with Gasteiger partial charge in [0.15, 0.2) is 0 Å². The molecule has 0 spiro atoms. The van der Waals surface area contributed by atoms with Crippen LogP contribution in [0.1, 0.15) is 264 Å². The highest BCUT2D eigenvalue weighted by molar-refractivity contribution is 5.89. The van der Waals surface area contributed by atoms with Gasteiger partial charge in [0, 0.05) is 32.4 Å². The van der Waals surface area contributed by atoms with Gasteiger partial charge in [-0.3, -0.25) is 24.0 Å². The number of rotatable bonds is 56. The Hall–Kier alpha value is -3.30. The Labute approximate surface area is 438 Å². The predicted octanol–water partition coefficient (Wildman–Crippen LogP) is 11.2. The Kier molecular flexibility index (Phi) is 50.2. The number of amides is 4. The van der Waals surface area contributed by atoms with Crippen molar-refractivity contribution in [1.82, 2.24) is 26.6 Å². The zero-order valence-electron chi connectivity index (χ0n) is 46.2. The number of carboxylic acid groups (broad SMARTS) is 2. The SMILES string of the molecule is CCCCCCCCCCCCC(NC)C(=O)NC(CCCCCCCCCCCC)C(=O)NCCOCCOCCC(=O)NCC(NC(=O)CCCCCCCCCCCCCCCCC(=O)O)C(=O)O. The molecule has 7 N–H and O–H groups in total. The number of hydrogen-bond acceptors (Lipinski definition) is 9. The Balaban J connectivity index is 4.36. The first-order chi connectivity index (χ1) is 35.0. The van der Waals surface area contributed by atoms with Crippen LogP contribution in [0.2, 0.25) is 0 Å². The van der Waals surface area contributed by atoms with Crippen molar-refractivity contribution in [2.45, 2.75) is 282 Å². The normalized spacial score (nSPS) is 12.5. The van der Waals surface area contributed by atoms with Crippen molar-refractivity contribution in [2.75, 3.05) is 46.6 Å². The number of unbranched alkanes of at least 4 members (excludes halogenated alkanes) is 31. The summed E-state index contributed by atoms with van der Waals surface area (Å²) in [5, 5.41) is 32.6. The van der Waals surface area contributed by atoms with Crippen molar-refractivity contribution in [2.24, 2.45) is 0 Å². The van der Waals surface area contributed by atoms with E-state index in [0.717, 1.165) is 77.0 Å². The topological polar surface area (TPSA) is 221 Å². The zero-order chi connectivity index (χ0) is 53.0. The highest BCUT2D eigenvalue weighted by Crippen LogP contribution is 2.16. The van der Waals surface area contributed by atoms with Gasteiger partial charge < -0.3 is 46.3 Å².